The summed E-state index contributed by atoms with van der Waals surface area (Å²) in [5.41, 5.74) is 5.69. The molecule has 4 heteroatoms. The Morgan fingerprint density at radius 1 is 1.75 bits per heavy atom. The van der Waals surface area contributed by atoms with Crippen molar-refractivity contribution in [3.05, 3.63) is 18.2 Å². The fourth-order valence-electron chi connectivity index (χ4n) is 0.915. The maximum atomic E-state index is 5.69. The molecule has 0 bridgehead atoms. The Balaban J connectivity index is 2.77. The average Bonchev–Trinajstić information content (AvgIpc) is 2.47. The molecule has 0 aromatic carbocycles. The molecule has 0 aliphatic heterocycles. The van der Waals surface area contributed by atoms with Crippen LogP contribution in [0.1, 0.15) is 19.2 Å². The Morgan fingerprint density at radius 2 is 2.50 bits per heavy atom. The minimum Gasteiger partial charge on any atom is -0.381 e. The minimum absolute atomic E-state index is 0.518. The molecule has 4 nitrogen and oxygen atoms in total. The van der Waals surface area contributed by atoms with Crippen LogP contribution < -0.4 is 5.73 Å². The van der Waals surface area contributed by atoms with Crippen LogP contribution in [0.5, 0.6) is 0 Å². The predicted octanol–water partition coefficient (Wildman–Crippen LogP) is 0.535. The second kappa shape index (κ2) is 3.90. The molecule has 1 aromatic rings. The molecular weight excluding hydrogens is 152 g/mol. The van der Waals surface area contributed by atoms with E-state index in [-0.39, 0.29) is 0 Å². The largest absolute Gasteiger partial charge is 0.381 e. The van der Waals surface area contributed by atoms with Gasteiger partial charge in [0.25, 0.3) is 0 Å². The van der Waals surface area contributed by atoms with Crippen LogP contribution in [0.25, 0.3) is 0 Å². The van der Waals surface area contributed by atoms with Crippen molar-refractivity contribution in [3.8, 4) is 0 Å². The van der Waals surface area contributed by atoms with Crippen molar-refractivity contribution in [1.82, 2.24) is 9.55 Å². The van der Waals surface area contributed by atoms with E-state index in [4.69, 9.17) is 5.73 Å². The molecule has 0 saturated heterocycles. The van der Waals surface area contributed by atoms with Gasteiger partial charge in [0.1, 0.15) is 0 Å². The maximum absolute atomic E-state index is 5.69. The van der Waals surface area contributed by atoms with Gasteiger partial charge in [0.15, 0.2) is 11.7 Å². The lowest BCUT2D eigenvalue weighted by Crippen LogP contribution is -2.18. The zero-order valence-electron chi connectivity index (χ0n) is 7.49. The highest BCUT2D eigenvalue weighted by atomic mass is 15.1. The van der Waals surface area contributed by atoms with Gasteiger partial charge in [-0.05, 0) is 6.42 Å². The van der Waals surface area contributed by atoms with E-state index >= 15 is 0 Å². The van der Waals surface area contributed by atoms with E-state index in [1.807, 2.05) is 17.8 Å². The van der Waals surface area contributed by atoms with Gasteiger partial charge >= 0.3 is 0 Å². The molecule has 0 amide bonds. The summed E-state index contributed by atoms with van der Waals surface area (Å²) in [5.74, 6) is 1.26. The van der Waals surface area contributed by atoms with Crippen molar-refractivity contribution in [2.45, 2.75) is 13.3 Å². The second-order valence-electron chi connectivity index (χ2n) is 2.63. The molecule has 0 aliphatic rings. The number of hydrogen-bond acceptors (Lipinski definition) is 2. The van der Waals surface area contributed by atoms with Gasteiger partial charge in [-0.3, -0.25) is 4.99 Å². The van der Waals surface area contributed by atoms with Gasteiger partial charge < -0.3 is 10.3 Å². The standard InChI is InChI=1S/C8H14N4/c1-3-4-10-7(9)8-11-5-6-12(8)2/h5-6H,3-4H2,1-2H3,(H2,9,10). The Hall–Kier alpha value is -1.32. The van der Waals surface area contributed by atoms with E-state index in [0.29, 0.717) is 5.84 Å². The lowest BCUT2D eigenvalue weighted by Gasteiger charge is -1.99. The van der Waals surface area contributed by atoms with Crippen LogP contribution >= 0.6 is 0 Å². The molecule has 0 aliphatic carbocycles. The fourth-order valence-corrected chi connectivity index (χ4v) is 0.915. The lowest BCUT2D eigenvalue weighted by molar-refractivity contribution is 0.881. The van der Waals surface area contributed by atoms with Crippen molar-refractivity contribution >= 4 is 5.84 Å². The number of rotatable bonds is 3. The van der Waals surface area contributed by atoms with E-state index in [1.165, 1.54) is 0 Å². The summed E-state index contributed by atoms with van der Waals surface area (Å²) in [6, 6.07) is 0. The predicted molar refractivity (Wildman–Crippen MR) is 49.1 cm³/mol. The first-order chi connectivity index (χ1) is 5.75. The summed E-state index contributed by atoms with van der Waals surface area (Å²) in [6.07, 6.45) is 4.57. The number of amidine groups is 1. The molecule has 0 spiro atoms. The molecule has 1 rings (SSSR count). The Kier molecular flexibility index (Phi) is 2.85. The molecule has 1 aromatic heterocycles. The quantitative estimate of drug-likeness (QED) is 0.526. The molecule has 2 N–H and O–H groups in total. The van der Waals surface area contributed by atoms with Crippen LogP contribution in [0.3, 0.4) is 0 Å². The smallest absolute Gasteiger partial charge is 0.174 e. The van der Waals surface area contributed by atoms with Gasteiger partial charge in [0.05, 0.1) is 0 Å². The molecule has 0 fully saturated rings. The second-order valence-corrected chi connectivity index (χ2v) is 2.63. The van der Waals surface area contributed by atoms with Gasteiger partial charge in [-0.1, -0.05) is 6.92 Å². The fraction of sp³-hybridized carbons (Fsp3) is 0.500. The Bertz CT molecular complexity index is 274. The molecule has 1 heterocycles. The third-order valence-corrected chi connectivity index (χ3v) is 1.56. The van der Waals surface area contributed by atoms with Gasteiger partial charge in [-0.15, -0.1) is 0 Å². The van der Waals surface area contributed by atoms with Crippen molar-refractivity contribution in [1.29, 1.82) is 0 Å². The Morgan fingerprint density at radius 3 is 3.00 bits per heavy atom. The summed E-state index contributed by atoms with van der Waals surface area (Å²) < 4.78 is 1.86. The number of imidazole rings is 1. The van der Waals surface area contributed by atoms with E-state index in [9.17, 15) is 0 Å². The highest BCUT2D eigenvalue weighted by molar-refractivity contribution is 5.94. The van der Waals surface area contributed by atoms with E-state index in [2.05, 4.69) is 16.9 Å². The number of aliphatic imine (C=N–C) groups is 1. The number of nitrogens with zero attached hydrogens (tertiary/aromatic N) is 3. The number of aryl methyl sites for hydroxylation is 1. The zero-order chi connectivity index (χ0) is 8.97. The van der Waals surface area contributed by atoms with Gasteiger partial charge in [0, 0.05) is 26.0 Å². The molecule has 66 valence electrons. The van der Waals surface area contributed by atoms with Gasteiger partial charge in [-0.2, -0.15) is 0 Å². The molecular formula is C8H14N4. The summed E-state index contributed by atoms with van der Waals surface area (Å²) in [6.45, 7) is 2.83. The van der Waals surface area contributed by atoms with Crippen LogP contribution in [0, 0.1) is 0 Å². The van der Waals surface area contributed by atoms with Crippen molar-refractivity contribution in [3.63, 3.8) is 0 Å². The summed E-state index contributed by atoms with van der Waals surface area (Å²) in [4.78, 5) is 8.23. The number of hydrogen-bond donors (Lipinski definition) is 1. The number of aromatic nitrogens is 2. The zero-order valence-corrected chi connectivity index (χ0v) is 7.49. The van der Waals surface area contributed by atoms with Crippen molar-refractivity contribution in [2.24, 2.45) is 17.8 Å². The van der Waals surface area contributed by atoms with Gasteiger partial charge in [0.2, 0.25) is 0 Å². The average molecular weight is 166 g/mol. The highest BCUT2D eigenvalue weighted by Crippen LogP contribution is 1.93. The summed E-state index contributed by atoms with van der Waals surface area (Å²) >= 11 is 0. The first-order valence-corrected chi connectivity index (χ1v) is 4.03. The third-order valence-electron chi connectivity index (χ3n) is 1.56. The lowest BCUT2D eigenvalue weighted by atomic mass is 10.5. The highest BCUT2D eigenvalue weighted by Gasteiger charge is 2.01. The molecule has 12 heavy (non-hydrogen) atoms. The van der Waals surface area contributed by atoms with Crippen molar-refractivity contribution < 1.29 is 0 Å². The molecule has 0 atom stereocenters. The van der Waals surface area contributed by atoms with E-state index in [1.54, 1.807) is 6.20 Å². The first-order valence-electron chi connectivity index (χ1n) is 4.03. The van der Waals surface area contributed by atoms with E-state index < -0.39 is 0 Å². The van der Waals surface area contributed by atoms with Crippen molar-refractivity contribution in [2.75, 3.05) is 6.54 Å². The topological polar surface area (TPSA) is 56.2 Å². The maximum Gasteiger partial charge on any atom is 0.174 e. The van der Waals surface area contributed by atoms with Crippen LogP contribution in [0.2, 0.25) is 0 Å². The molecule has 0 radical (unpaired) electrons. The van der Waals surface area contributed by atoms with E-state index in [0.717, 1.165) is 18.8 Å². The normalized spacial score (nSPS) is 12.0. The van der Waals surface area contributed by atoms with Gasteiger partial charge in [-0.25, -0.2) is 4.98 Å². The summed E-state index contributed by atoms with van der Waals surface area (Å²) in [7, 11) is 1.90. The molecule has 0 saturated carbocycles. The minimum atomic E-state index is 0.518. The van der Waals surface area contributed by atoms with Crippen LogP contribution in [-0.2, 0) is 7.05 Å². The SMILES string of the molecule is CCCN=C(N)c1nccn1C. The van der Waals surface area contributed by atoms with Crippen LogP contribution in [0.15, 0.2) is 17.4 Å². The summed E-state index contributed by atoms with van der Waals surface area (Å²) in [5, 5.41) is 0. The number of nitrogens with two attached hydrogens (primary N) is 1. The first kappa shape index (κ1) is 8.77. The van der Waals surface area contributed by atoms with Crippen LogP contribution in [-0.4, -0.2) is 21.9 Å². The third kappa shape index (κ3) is 1.84. The Labute approximate surface area is 72.1 Å². The van der Waals surface area contributed by atoms with Crippen LogP contribution in [0.4, 0.5) is 0 Å². The monoisotopic (exact) mass is 166 g/mol. The molecule has 0 unspecified atom stereocenters.